The summed E-state index contributed by atoms with van der Waals surface area (Å²) in [6, 6.07) is 7.32. The van der Waals surface area contributed by atoms with Crippen molar-refractivity contribution in [2.45, 2.75) is 32.2 Å². The fraction of sp³-hybridized carbons (Fsp3) is 0.500. The van der Waals surface area contributed by atoms with E-state index in [1.807, 2.05) is 11.0 Å². The van der Waals surface area contributed by atoms with Crippen LogP contribution in [0.15, 0.2) is 18.2 Å². The first kappa shape index (κ1) is 15.8. The standard InChI is InChI=1S/C16H20ClN3O/c17-15-10-13(11-18)4-5-14(15)12-19-7-6-16(21)20-8-2-1-3-9-20/h4-5,10,19H,1-3,6-9,12H2. The molecule has 112 valence electrons. The van der Waals surface area contributed by atoms with Crippen LogP contribution in [0.1, 0.15) is 36.8 Å². The minimum absolute atomic E-state index is 0.230. The zero-order chi connectivity index (χ0) is 15.1. The molecule has 1 aliphatic rings. The van der Waals surface area contributed by atoms with Crippen molar-refractivity contribution in [2.24, 2.45) is 0 Å². The largest absolute Gasteiger partial charge is 0.343 e. The molecule has 5 heteroatoms. The first-order chi connectivity index (χ1) is 10.2. The van der Waals surface area contributed by atoms with Gasteiger partial charge in [0, 0.05) is 37.6 Å². The molecule has 0 saturated carbocycles. The van der Waals surface area contributed by atoms with Gasteiger partial charge in [0.05, 0.1) is 11.6 Å². The number of piperidine rings is 1. The number of carbonyl (C=O) groups excluding carboxylic acids is 1. The number of benzene rings is 1. The molecule has 0 unspecified atom stereocenters. The molecule has 1 aromatic carbocycles. The Hall–Kier alpha value is -1.57. The van der Waals surface area contributed by atoms with E-state index >= 15 is 0 Å². The molecule has 0 spiro atoms. The molecule has 1 aromatic rings. The van der Waals surface area contributed by atoms with Gasteiger partial charge in [-0.1, -0.05) is 17.7 Å². The van der Waals surface area contributed by atoms with Crippen LogP contribution >= 0.6 is 11.6 Å². The van der Waals surface area contributed by atoms with Crippen molar-refractivity contribution in [3.05, 3.63) is 34.3 Å². The third kappa shape index (κ3) is 4.73. The van der Waals surface area contributed by atoms with Gasteiger partial charge in [0.25, 0.3) is 0 Å². The number of hydrogen-bond donors (Lipinski definition) is 1. The summed E-state index contributed by atoms with van der Waals surface area (Å²) in [5.74, 6) is 0.230. The molecule has 0 bridgehead atoms. The highest BCUT2D eigenvalue weighted by molar-refractivity contribution is 6.31. The van der Waals surface area contributed by atoms with Crippen LogP contribution in [0, 0.1) is 11.3 Å². The molecule has 2 rings (SSSR count). The predicted octanol–water partition coefficient (Wildman–Crippen LogP) is 2.70. The summed E-state index contributed by atoms with van der Waals surface area (Å²) in [5.41, 5.74) is 1.50. The van der Waals surface area contributed by atoms with Crippen molar-refractivity contribution in [3.8, 4) is 6.07 Å². The van der Waals surface area contributed by atoms with Crippen molar-refractivity contribution in [2.75, 3.05) is 19.6 Å². The minimum atomic E-state index is 0.230. The number of hydrogen-bond acceptors (Lipinski definition) is 3. The Labute approximate surface area is 130 Å². The van der Waals surface area contributed by atoms with Gasteiger partial charge in [0.1, 0.15) is 0 Å². The molecule has 1 amide bonds. The van der Waals surface area contributed by atoms with E-state index in [4.69, 9.17) is 16.9 Å². The van der Waals surface area contributed by atoms with Gasteiger partial charge < -0.3 is 10.2 Å². The average molecular weight is 306 g/mol. The summed E-state index contributed by atoms with van der Waals surface area (Å²) in [4.78, 5) is 13.9. The number of rotatable bonds is 5. The van der Waals surface area contributed by atoms with Gasteiger partial charge in [-0.2, -0.15) is 5.26 Å². The molecule has 1 fully saturated rings. The van der Waals surface area contributed by atoms with Crippen LogP contribution in [0.25, 0.3) is 0 Å². The molecule has 0 aliphatic carbocycles. The number of nitrogens with one attached hydrogen (secondary N) is 1. The maximum atomic E-state index is 12.0. The molecule has 0 aromatic heterocycles. The number of halogens is 1. The third-order valence-corrected chi connectivity index (χ3v) is 4.07. The van der Waals surface area contributed by atoms with Gasteiger partial charge in [-0.05, 0) is 37.0 Å². The van der Waals surface area contributed by atoms with Gasteiger partial charge in [0.2, 0.25) is 5.91 Å². The summed E-state index contributed by atoms with van der Waals surface area (Å²) in [6.45, 7) is 3.06. The van der Waals surface area contributed by atoms with Crippen LogP contribution in [-0.4, -0.2) is 30.4 Å². The fourth-order valence-corrected chi connectivity index (χ4v) is 2.73. The Morgan fingerprint density at radius 3 is 2.76 bits per heavy atom. The average Bonchev–Trinajstić information content (AvgIpc) is 2.53. The zero-order valence-corrected chi connectivity index (χ0v) is 12.8. The Morgan fingerprint density at radius 1 is 1.33 bits per heavy atom. The lowest BCUT2D eigenvalue weighted by atomic mass is 10.1. The van der Waals surface area contributed by atoms with Crippen molar-refractivity contribution in [1.82, 2.24) is 10.2 Å². The second-order valence-corrected chi connectivity index (χ2v) is 5.69. The highest BCUT2D eigenvalue weighted by Gasteiger charge is 2.15. The highest BCUT2D eigenvalue weighted by atomic mass is 35.5. The van der Waals surface area contributed by atoms with Crippen LogP contribution in [0.3, 0.4) is 0 Å². The number of amides is 1. The molecular weight excluding hydrogens is 286 g/mol. The summed E-state index contributed by atoms with van der Waals surface area (Å²) < 4.78 is 0. The molecule has 21 heavy (non-hydrogen) atoms. The number of likely N-dealkylation sites (tertiary alicyclic amines) is 1. The lowest BCUT2D eigenvalue weighted by Crippen LogP contribution is -2.37. The van der Waals surface area contributed by atoms with E-state index in [1.165, 1.54) is 6.42 Å². The summed E-state index contributed by atoms with van der Waals surface area (Å²) in [7, 11) is 0. The SMILES string of the molecule is N#Cc1ccc(CNCCC(=O)N2CCCCC2)c(Cl)c1. The first-order valence-electron chi connectivity index (χ1n) is 7.38. The third-order valence-electron chi connectivity index (χ3n) is 3.72. The Bertz CT molecular complexity index is 533. The van der Waals surface area contributed by atoms with Crippen molar-refractivity contribution >= 4 is 17.5 Å². The minimum Gasteiger partial charge on any atom is -0.343 e. The van der Waals surface area contributed by atoms with Crippen LogP contribution in [0.5, 0.6) is 0 Å². The van der Waals surface area contributed by atoms with Crippen LogP contribution in [-0.2, 0) is 11.3 Å². The predicted molar refractivity (Wildman–Crippen MR) is 82.9 cm³/mol. The van der Waals surface area contributed by atoms with Crippen molar-refractivity contribution in [3.63, 3.8) is 0 Å². The normalized spacial score (nSPS) is 14.8. The van der Waals surface area contributed by atoms with E-state index < -0.39 is 0 Å². The summed E-state index contributed by atoms with van der Waals surface area (Å²) in [5, 5.41) is 12.6. The molecule has 4 nitrogen and oxygen atoms in total. The van der Waals surface area contributed by atoms with Crippen LogP contribution in [0.4, 0.5) is 0 Å². The lowest BCUT2D eigenvalue weighted by molar-refractivity contribution is -0.131. The number of nitriles is 1. The Kier molecular flexibility index (Phi) is 6.04. The van der Waals surface area contributed by atoms with Gasteiger partial charge in [-0.3, -0.25) is 4.79 Å². The molecular formula is C16H20ClN3O. The molecule has 0 radical (unpaired) electrons. The maximum Gasteiger partial charge on any atom is 0.223 e. The van der Waals surface area contributed by atoms with Crippen molar-refractivity contribution < 1.29 is 4.79 Å². The van der Waals surface area contributed by atoms with Crippen LogP contribution < -0.4 is 5.32 Å². The molecule has 1 N–H and O–H groups in total. The van der Waals surface area contributed by atoms with Gasteiger partial charge >= 0.3 is 0 Å². The van der Waals surface area contributed by atoms with Gasteiger partial charge in [-0.15, -0.1) is 0 Å². The number of carbonyl (C=O) groups is 1. The number of nitrogens with zero attached hydrogens (tertiary/aromatic N) is 2. The van der Waals surface area contributed by atoms with Crippen LogP contribution in [0.2, 0.25) is 5.02 Å². The molecule has 1 aliphatic heterocycles. The quantitative estimate of drug-likeness (QED) is 0.851. The topological polar surface area (TPSA) is 56.1 Å². The van der Waals surface area contributed by atoms with E-state index in [-0.39, 0.29) is 5.91 Å². The summed E-state index contributed by atoms with van der Waals surface area (Å²) >= 11 is 6.11. The van der Waals surface area contributed by atoms with Crippen molar-refractivity contribution in [1.29, 1.82) is 5.26 Å². The molecule has 1 saturated heterocycles. The lowest BCUT2D eigenvalue weighted by Gasteiger charge is -2.26. The Balaban J connectivity index is 1.72. The van der Waals surface area contributed by atoms with E-state index in [2.05, 4.69) is 11.4 Å². The first-order valence-corrected chi connectivity index (χ1v) is 7.75. The van der Waals surface area contributed by atoms with E-state index in [1.54, 1.807) is 12.1 Å². The second kappa shape index (κ2) is 8.02. The monoisotopic (exact) mass is 305 g/mol. The Morgan fingerprint density at radius 2 is 2.10 bits per heavy atom. The summed E-state index contributed by atoms with van der Waals surface area (Å²) in [6.07, 6.45) is 4.01. The molecule has 1 heterocycles. The maximum absolute atomic E-state index is 12.0. The smallest absolute Gasteiger partial charge is 0.223 e. The van der Waals surface area contributed by atoms with E-state index in [9.17, 15) is 4.79 Å². The van der Waals surface area contributed by atoms with E-state index in [0.29, 0.717) is 30.1 Å². The molecule has 0 atom stereocenters. The fourth-order valence-electron chi connectivity index (χ4n) is 2.48. The van der Waals surface area contributed by atoms with Gasteiger partial charge in [-0.25, -0.2) is 0 Å². The van der Waals surface area contributed by atoms with Gasteiger partial charge in [0.15, 0.2) is 0 Å². The zero-order valence-electron chi connectivity index (χ0n) is 12.1. The highest BCUT2D eigenvalue weighted by Crippen LogP contribution is 2.17. The second-order valence-electron chi connectivity index (χ2n) is 5.29. The van der Waals surface area contributed by atoms with E-state index in [0.717, 1.165) is 31.5 Å².